The van der Waals surface area contributed by atoms with Gasteiger partial charge in [0.1, 0.15) is 5.02 Å². The first-order valence-corrected chi connectivity index (χ1v) is 4.11. The van der Waals surface area contributed by atoms with Gasteiger partial charge in [-0.3, -0.25) is 0 Å². The highest BCUT2D eigenvalue weighted by Crippen LogP contribution is 2.30. The Morgan fingerprint density at radius 1 is 1.67 bits per heavy atom. The van der Waals surface area contributed by atoms with Crippen molar-refractivity contribution < 1.29 is 23.4 Å². The van der Waals surface area contributed by atoms with Crippen LogP contribution >= 0.6 is 11.6 Å². The molecule has 4 nitrogen and oxygen atoms in total. The van der Waals surface area contributed by atoms with Crippen LogP contribution in [0, 0.1) is 0 Å². The summed E-state index contributed by atoms with van der Waals surface area (Å²) in [5.41, 5.74) is -1.49. The molecule has 1 aromatic heterocycles. The van der Waals surface area contributed by atoms with Gasteiger partial charge >= 0.3 is 5.97 Å². The third kappa shape index (κ3) is 2.33. The minimum atomic E-state index is -2.95. The molecule has 0 bridgehead atoms. The van der Waals surface area contributed by atoms with E-state index < -0.39 is 23.7 Å². The Bertz CT molecular complexity index is 398. The van der Waals surface area contributed by atoms with E-state index in [1.807, 2.05) is 0 Å². The summed E-state index contributed by atoms with van der Waals surface area (Å²) >= 11 is 5.54. The average molecular weight is 238 g/mol. The summed E-state index contributed by atoms with van der Waals surface area (Å²) in [6, 6.07) is 0.835. The van der Waals surface area contributed by atoms with Crippen molar-refractivity contribution in [3.8, 4) is 5.88 Å². The van der Waals surface area contributed by atoms with E-state index in [0.29, 0.717) is 0 Å². The lowest BCUT2D eigenvalue weighted by atomic mass is 10.2. The molecule has 0 saturated carbocycles. The number of carboxylic acids is 1. The first kappa shape index (κ1) is 11.6. The van der Waals surface area contributed by atoms with Crippen molar-refractivity contribution in [2.24, 2.45) is 0 Å². The van der Waals surface area contributed by atoms with Crippen molar-refractivity contribution in [2.75, 3.05) is 7.11 Å². The molecule has 1 aromatic rings. The van der Waals surface area contributed by atoms with Gasteiger partial charge in [0.2, 0.25) is 5.88 Å². The number of aromatic nitrogens is 1. The lowest BCUT2D eigenvalue weighted by Crippen LogP contribution is -2.07. The fraction of sp³-hybridized carbons (Fsp3) is 0.250. The van der Waals surface area contributed by atoms with Crippen LogP contribution in [0.2, 0.25) is 5.02 Å². The van der Waals surface area contributed by atoms with Crippen molar-refractivity contribution in [1.82, 2.24) is 4.98 Å². The molecular formula is C8H6ClF2NO3. The molecule has 1 rings (SSSR count). The highest BCUT2D eigenvalue weighted by atomic mass is 35.5. The van der Waals surface area contributed by atoms with E-state index in [1.54, 1.807) is 0 Å². The zero-order valence-electron chi connectivity index (χ0n) is 7.50. The van der Waals surface area contributed by atoms with Crippen LogP contribution in [0.3, 0.4) is 0 Å². The molecule has 0 atom stereocenters. The van der Waals surface area contributed by atoms with Gasteiger partial charge in [0.05, 0.1) is 12.7 Å². The molecule has 0 aliphatic heterocycles. The van der Waals surface area contributed by atoms with Gasteiger partial charge < -0.3 is 9.84 Å². The van der Waals surface area contributed by atoms with E-state index in [-0.39, 0.29) is 10.9 Å². The third-order valence-electron chi connectivity index (χ3n) is 1.60. The van der Waals surface area contributed by atoms with Crippen LogP contribution in [0.5, 0.6) is 5.88 Å². The van der Waals surface area contributed by atoms with Crippen molar-refractivity contribution in [3.05, 3.63) is 22.3 Å². The second kappa shape index (κ2) is 4.39. The number of rotatable bonds is 3. The van der Waals surface area contributed by atoms with E-state index in [2.05, 4.69) is 9.72 Å². The standard InChI is InChI=1S/C8H6ClF2NO3/c1-15-7-4(9)2-3(6(10)11)5(12-7)8(13)14/h2,6H,1H3,(H,13,14). The quantitative estimate of drug-likeness (QED) is 0.877. The molecule has 0 aromatic carbocycles. The average Bonchev–Trinajstić information content (AvgIpc) is 2.16. The summed E-state index contributed by atoms with van der Waals surface area (Å²) in [6.07, 6.45) is -2.95. The van der Waals surface area contributed by atoms with Crippen LogP contribution in [0.1, 0.15) is 22.5 Å². The van der Waals surface area contributed by atoms with Crippen LogP contribution in [-0.2, 0) is 0 Å². The van der Waals surface area contributed by atoms with Crippen LogP contribution in [0.15, 0.2) is 6.07 Å². The summed E-state index contributed by atoms with van der Waals surface area (Å²) in [5, 5.41) is 8.48. The van der Waals surface area contributed by atoms with Gasteiger partial charge in [-0.25, -0.2) is 18.6 Å². The number of hydrogen-bond acceptors (Lipinski definition) is 3. The summed E-state index contributed by atoms with van der Waals surface area (Å²) in [5.74, 6) is -1.75. The molecule has 0 spiro atoms. The van der Waals surface area contributed by atoms with E-state index in [4.69, 9.17) is 16.7 Å². The van der Waals surface area contributed by atoms with E-state index in [9.17, 15) is 13.6 Å². The van der Waals surface area contributed by atoms with Crippen LogP contribution in [0.4, 0.5) is 8.78 Å². The van der Waals surface area contributed by atoms with Crippen molar-refractivity contribution >= 4 is 17.6 Å². The van der Waals surface area contributed by atoms with Crippen molar-refractivity contribution in [3.63, 3.8) is 0 Å². The Morgan fingerprint density at radius 2 is 2.27 bits per heavy atom. The van der Waals surface area contributed by atoms with Gasteiger partial charge in [0.15, 0.2) is 5.69 Å². The number of carbonyl (C=O) groups is 1. The lowest BCUT2D eigenvalue weighted by Gasteiger charge is -2.07. The summed E-state index contributed by atoms with van der Waals surface area (Å²) in [4.78, 5) is 14.0. The number of pyridine rings is 1. The molecule has 1 N–H and O–H groups in total. The number of halogens is 3. The van der Waals surface area contributed by atoms with Gasteiger partial charge in [0.25, 0.3) is 6.43 Å². The Labute approximate surface area is 88.4 Å². The molecule has 0 saturated heterocycles. The fourth-order valence-corrected chi connectivity index (χ4v) is 1.20. The van der Waals surface area contributed by atoms with Crippen LogP contribution < -0.4 is 4.74 Å². The molecule has 82 valence electrons. The molecule has 0 radical (unpaired) electrons. The molecule has 1 heterocycles. The first-order chi connectivity index (χ1) is 6.97. The minimum absolute atomic E-state index is 0.155. The number of carboxylic acid groups (broad SMARTS) is 1. The van der Waals surface area contributed by atoms with Crippen LogP contribution in [-0.4, -0.2) is 23.2 Å². The zero-order chi connectivity index (χ0) is 11.6. The number of alkyl halides is 2. The molecule has 0 fully saturated rings. The van der Waals surface area contributed by atoms with Gasteiger partial charge in [-0.1, -0.05) is 11.6 Å². The molecule has 0 unspecified atom stereocenters. The maximum Gasteiger partial charge on any atom is 0.355 e. The largest absolute Gasteiger partial charge is 0.480 e. The molecule has 15 heavy (non-hydrogen) atoms. The Morgan fingerprint density at radius 3 is 2.67 bits per heavy atom. The van der Waals surface area contributed by atoms with Gasteiger partial charge in [-0.15, -0.1) is 0 Å². The van der Waals surface area contributed by atoms with E-state index >= 15 is 0 Å². The van der Waals surface area contributed by atoms with Gasteiger partial charge in [-0.05, 0) is 6.07 Å². The molecule has 0 aliphatic rings. The van der Waals surface area contributed by atoms with Crippen molar-refractivity contribution in [2.45, 2.75) is 6.43 Å². The Kier molecular flexibility index (Phi) is 3.41. The number of nitrogens with zero attached hydrogens (tertiary/aromatic N) is 1. The highest BCUT2D eigenvalue weighted by Gasteiger charge is 2.22. The Hall–Kier alpha value is -1.43. The second-order valence-electron chi connectivity index (χ2n) is 2.52. The number of hydrogen-bond donors (Lipinski definition) is 1. The summed E-state index contributed by atoms with van der Waals surface area (Å²) < 4.78 is 29.4. The SMILES string of the molecule is COc1nc(C(=O)O)c(C(F)F)cc1Cl. The number of ether oxygens (including phenoxy) is 1. The van der Waals surface area contributed by atoms with Crippen LogP contribution in [0.25, 0.3) is 0 Å². The molecular weight excluding hydrogens is 232 g/mol. The van der Waals surface area contributed by atoms with Gasteiger partial charge in [0, 0.05) is 0 Å². The fourth-order valence-electron chi connectivity index (χ4n) is 0.967. The van der Waals surface area contributed by atoms with E-state index in [1.165, 1.54) is 7.11 Å². The Balaban J connectivity index is 3.39. The predicted octanol–water partition coefficient (Wildman–Crippen LogP) is 2.38. The maximum absolute atomic E-state index is 12.4. The molecule has 0 aliphatic carbocycles. The summed E-state index contributed by atoms with van der Waals surface area (Å²) in [7, 11) is 1.21. The number of methoxy groups -OCH3 is 1. The predicted molar refractivity (Wildman–Crippen MR) is 47.7 cm³/mol. The zero-order valence-corrected chi connectivity index (χ0v) is 8.26. The third-order valence-corrected chi connectivity index (χ3v) is 1.88. The maximum atomic E-state index is 12.4. The smallest absolute Gasteiger partial charge is 0.355 e. The molecule has 7 heteroatoms. The summed E-state index contributed by atoms with van der Waals surface area (Å²) in [6.45, 7) is 0. The highest BCUT2D eigenvalue weighted by molar-refractivity contribution is 6.32. The monoisotopic (exact) mass is 237 g/mol. The van der Waals surface area contributed by atoms with E-state index in [0.717, 1.165) is 6.07 Å². The minimum Gasteiger partial charge on any atom is -0.480 e. The first-order valence-electron chi connectivity index (χ1n) is 3.73. The van der Waals surface area contributed by atoms with Crippen molar-refractivity contribution in [1.29, 1.82) is 0 Å². The molecule has 0 amide bonds. The van der Waals surface area contributed by atoms with Gasteiger partial charge in [-0.2, -0.15) is 0 Å². The normalized spacial score (nSPS) is 10.5. The number of aromatic carboxylic acids is 1. The topological polar surface area (TPSA) is 59.4 Å². The lowest BCUT2D eigenvalue weighted by molar-refractivity contribution is 0.0676. The second-order valence-corrected chi connectivity index (χ2v) is 2.93.